The van der Waals surface area contributed by atoms with E-state index in [0.717, 1.165) is 32.4 Å². The van der Waals surface area contributed by atoms with Crippen LogP contribution < -0.4 is 5.32 Å². The Morgan fingerprint density at radius 1 is 1.21 bits per heavy atom. The summed E-state index contributed by atoms with van der Waals surface area (Å²) in [7, 11) is 0. The van der Waals surface area contributed by atoms with Crippen LogP contribution in [-0.4, -0.2) is 49.1 Å². The molecule has 1 saturated heterocycles. The third kappa shape index (κ3) is 4.29. The molecule has 1 heterocycles. The Balaban J connectivity index is 1.58. The monoisotopic (exact) mass is 336 g/mol. The quantitative estimate of drug-likeness (QED) is 0.777. The summed E-state index contributed by atoms with van der Waals surface area (Å²) in [6, 6.07) is 0.439. The largest absolute Gasteiger partial charge is 0.372 e. The van der Waals surface area contributed by atoms with Gasteiger partial charge in [-0.1, -0.05) is 19.3 Å². The van der Waals surface area contributed by atoms with Gasteiger partial charge in [0.05, 0.1) is 0 Å². The number of rotatable bonds is 7. The van der Waals surface area contributed by atoms with Crippen molar-refractivity contribution in [3.8, 4) is 0 Å². The summed E-state index contributed by atoms with van der Waals surface area (Å²) in [4.78, 5) is 26.5. The molecule has 1 spiro atoms. The zero-order valence-electron chi connectivity index (χ0n) is 15.0. The van der Waals surface area contributed by atoms with Crippen molar-refractivity contribution in [2.24, 2.45) is 11.3 Å². The maximum absolute atomic E-state index is 12.4. The Morgan fingerprint density at radius 2 is 1.96 bits per heavy atom. The molecular formula is C19H32N2O3. The second-order valence-corrected chi connectivity index (χ2v) is 7.91. The average Bonchev–Trinajstić information content (AvgIpc) is 3.33. The summed E-state index contributed by atoms with van der Waals surface area (Å²) in [5.74, 6) is 0.780. The van der Waals surface area contributed by atoms with Crippen molar-refractivity contribution in [2.75, 3.05) is 26.3 Å². The number of amides is 2. The number of carbonyl (C=O) groups is 2. The first kappa shape index (κ1) is 17.7. The Hall–Kier alpha value is -1.10. The zero-order chi connectivity index (χ0) is 17.0. The number of nitrogens with zero attached hydrogens (tertiary/aromatic N) is 1. The Kier molecular flexibility index (Phi) is 5.80. The smallest absolute Gasteiger partial charge is 0.248 e. The fourth-order valence-corrected chi connectivity index (χ4v) is 4.56. The molecule has 2 aliphatic carbocycles. The summed E-state index contributed by atoms with van der Waals surface area (Å²) >= 11 is 0. The van der Waals surface area contributed by atoms with Crippen molar-refractivity contribution in [3.05, 3.63) is 0 Å². The van der Waals surface area contributed by atoms with Gasteiger partial charge in [-0.2, -0.15) is 0 Å². The maximum Gasteiger partial charge on any atom is 0.248 e. The molecular weight excluding hydrogens is 304 g/mol. The Morgan fingerprint density at radius 3 is 2.62 bits per heavy atom. The van der Waals surface area contributed by atoms with Gasteiger partial charge in [0, 0.05) is 32.2 Å². The second kappa shape index (κ2) is 7.85. The van der Waals surface area contributed by atoms with Crippen LogP contribution in [0.3, 0.4) is 0 Å². The molecule has 1 atom stereocenters. The number of hydrogen-bond donors (Lipinski definition) is 1. The van der Waals surface area contributed by atoms with E-state index in [1.54, 1.807) is 0 Å². The lowest BCUT2D eigenvalue weighted by Gasteiger charge is -2.38. The number of hydrogen-bond acceptors (Lipinski definition) is 3. The van der Waals surface area contributed by atoms with Gasteiger partial charge in [-0.05, 0) is 50.4 Å². The summed E-state index contributed by atoms with van der Waals surface area (Å²) in [6.45, 7) is 4.37. The van der Waals surface area contributed by atoms with E-state index < -0.39 is 0 Å². The number of carbonyl (C=O) groups excluding carboxylic acids is 2. The van der Waals surface area contributed by atoms with Gasteiger partial charge in [-0.15, -0.1) is 0 Å². The Bertz CT molecular complexity index is 456. The molecule has 0 bridgehead atoms. The van der Waals surface area contributed by atoms with Gasteiger partial charge in [0.15, 0.2) is 0 Å². The number of nitrogens with one attached hydrogen (secondary N) is 1. The summed E-state index contributed by atoms with van der Waals surface area (Å²) in [6.07, 6.45) is 10.0. The molecule has 0 aromatic rings. The lowest BCUT2D eigenvalue weighted by molar-refractivity contribution is -0.135. The van der Waals surface area contributed by atoms with Crippen LogP contribution in [0.25, 0.3) is 0 Å². The average molecular weight is 336 g/mol. The standard InChI is InChI=1S/C19H32N2O3/c1-2-24-13-18(23)21-12-15(6-9-17(22)20-16-7-8-16)19(14-21)10-4-3-5-11-19/h15-16H,2-14H2,1H3,(H,20,22). The summed E-state index contributed by atoms with van der Waals surface area (Å²) in [5, 5.41) is 3.09. The van der Waals surface area contributed by atoms with E-state index in [4.69, 9.17) is 4.74 Å². The molecule has 24 heavy (non-hydrogen) atoms. The van der Waals surface area contributed by atoms with Crippen molar-refractivity contribution in [1.29, 1.82) is 0 Å². The molecule has 136 valence electrons. The highest BCUT2D eigenvalue weighted by Crippen LogP contribution is 2.49. The normalized spacial score (nSPS) is 25.9. The van der Waals surface area contributed by atoms with Gasteiger partial charge < -0.3 is 15.0 Å². The second-order valence-electron chi connectivity index (χ2n) is 7.91. The molecule has 3 aliphatic rings. The van der Waals surface area contributed by atoms with Crippen LogP contribution >= 0.6 is 0 Å². The lowest BCUT2D eigenvalue weighted by atomic mass is 9.66. The highest BCUT2D eigenvalue weighted by molar-refractivity contribution is 5.78. The van der Waals surface area contributed by atoms with Gasteiger partial charge in [-0.3, -0.25) is 9.59 Å². The van der Waals surface area contributed by atoms with E-state index in [1.807, 2.05) is 11.8 Å². The first-order chi connectivity index (χ1) is 11.6. The third-order valence-corrected chi connectivity index (χ3v) is 6.11. The number of ether oxygens (including phenoxy) is 1. The van der Waals surface area contributed by atoms with Crippen LogP contribution in [0.5, 0.6) is 0 Å². The number of likely N-dealkylation sites (tertiary alicyclic amines) is 1. The first-order valence-corrected chi connectivity index (χ1v) is 9.78. The van der Waals surface area contributed by atoms with E-state index >= 15 is 0 Å². The molecule has 0 aromatic carbocycles. The van der Waals surface area contributed by atoms with E-state index in [1.165, 1.54) is 32.1 Å². The van der Waals surface area contributed by atoms with E-state index in [2.05, 4.69) is 5.32 Å². The van der Waals surface area contributed by atoms with E-state index in [-0.39, 0.29) is 23.8 Å². The highest BCUT2D eigenvalue weighted by atomic mass is 16.5. The predicted octanol–water partition coefficient (Wildman–Crippen LogP) is 2.49. The fourth-order valence-electron chi connectivity index (χ4n) is 4.56. The van der Waals surface area contributed by atoms with Crippen molar-refractivity contribution in [3.63, 3.8) is 0 Å². The highest BCUT2D eigenvalue weighted by Gasteiger charge is 2.47. The van der Waals surface area contributed by atoms with Crippen LogP contribution in [0.15, 0.2) is 0 Å². The molecule has 2 amide bonds. The maximum atomic E-state index is 12.4. The van der Waals surface area contributed by atoms with E-state index in [0.29, 0.717) is 25.0 Å². The van der Waals surface area contributed by atoms with Crippen LogP contribution in [0.4, 0.5) is 0 Å². The molecule has 1 aliphatic heterocycles. The van der Waals surface area contributed by atoms with Gasteiger partial charge >= 0.3 is 0 Å². The third-order valence-electron chi connectivity index (χ3n) is 6.11. The van der Waals surface area contributed by atoms with Crippen LogP contribution in [0.2, 0.25) is 0 Å². The van der Waals surface area contributed by atoms with Crippen LogP contribution in [-0.2, 0) is 14.3 Å². The van der Waals surface area contributed by atoms with E-state index in [9.17, 15) is 9.59 Å². The molecule has 0 aromatic heterocycles. The SMILES string of the molecule is CCOCC(=O)N1CC(CCC(=O)NC2CC2)C2(CCCCC2)C1. The predicted molar refractivity (Wildman–Crippen MR) is 92.5 cm³/mol. The van der Waals surface area contributed by atoms with Crippen molar-refractivity contribution < 1.29 is 14.3 Å². The molecule has 1 N–H and O–H groups in total. The zero-order valence-corrected chi connectivity index (χ0v) is 15.0. The van der Waals surface area contributed by atoms with Gasteiger partial charge in [0.2, 0.25) is 11.8 Å². The summed E-state index contributed by atoms with van der Waals surface area (Å²) < 4.78 is 5.31. The molecule has 2 saturated carbocycles. The molecule has 0 radical (unpaired) electrons. The minimum absolute atomic E-state index is 0.117. The topological polar surface area (TPSA) is 58.6 Å². The molecule has 5 heteroatoms. The summed E-state index contributed by atoms with van der Waals surface area (Å²) in [5.41, 5.74) is 0.250. The molecule has 3 fully saturated rings. The first-order valence-electron chi connectivity index (χ1n) is 9.78. The lowest BCUT2D eigenvalue weighted by Crippen LogP contribution is -2.36. The minimum Gasteiger partial charge on any atom is -0.372 e. The van der Waals surface area contributed by atoms with Gasteiger partial charge in [0.1, 0.15) is 6.61 Å². The van der Waals surface area contributed by atoms with Crippen molar-refractivity contribution in [2.45, 2.75) is 70.8 Å². The minimum atomic E-state index is 0.117. The molecule has 1 unspecified atom stereocenters. The molecule has 5 nitrogen and oxygen atoms in total. The van der Waals surface area contributed by atoms with Crippen molar-refractivity contribution in [1.82, 2.24) is 10.2 Å². The fraction of sp³-hybridized carbons (Fsp3) is 0.895. The van der Waals surface area contributed by atoms with Crippen LogP contribution in [0.1, 0.15) is 64.7 Å². The van der Waals surface area contributed by atoms with Gasteiger partial charge in [-0.25, -0.2) is 0 Å². The molecule has 3 rings (SSSR count). The van der Waals surface area contributed by atoms with Gasteiger partial charge in [0.25, 0.3) is 0 Å². The Labute approximate surface area is 145 Å². The van der Waals surface area contributed by atoms with Crippen LogP contribution in [0, 0.1) is 11.3 Å². The van der Waals surface area contributed by atoms with Crippen molar-refractivity contribution >= 4 is 11.8 Å².